The van der Waals surface area contributed by atoms with Crippen LogP contribution in [-0.2, 0) is 19.1 Å². The van der Waals surface area contributed by atoms with Crippen molar-refractivity contribution in [3.05, 3.63) is 0 Å². The van der Waals surface area contributed by atoms with Crippen LogP contribution in [0.4, 0.5) is 0 Å². The summed E-state index contributed by atoms with van der Waals surface area (Å²) >= 11 is 0. The highest BCUT2D eigenvalue weighted by Gasteiger charge is 2.09. The molecule has 0 fully saturated rings. The van der Waals surface area contributed by atoms with Crippen molar-refractivity contribution in [2.45, 2.75) is 162 Å². The second-order valence-electron chi connectivity index (χ2n) is 10.5. The molecule has 0 atom stereocenters. The topological polar surface area (TPSA) is 52.6 Å². The number of ether oxygens (including phenoxy) is 2. The van der Waals surface area contributed by atoms with Gasteiger partial charge in [0.1, 0.15) is 0 Å². The van der Waals surface area contributed by atoms with Crippen LogP contribution in [0.2, 0.25) is 0 Å². The average molecular weight is 483 g/mol. The molecule has 0 heterocycles. The Labute approximate surface area is 212 Å². The first kappa shape index (κ1) is 32.9. The van der Waals surface area contributed by atoms with Gasteiger partial charge >= 0.3 is 11.9 Å². The Morgan fingerprint density at radius 3 is 1.18 bits per heavy atom. The highest BCUT2D eigenvalue weighted by molar-refractivity contribution is 5.77. The second-order valence-corrected chi connectivity index (χ2v) is 10.5. The molecular weight excluding hydrogens is 424 g/mol. The van der Waals surface area contributed by atoms with Crippen LogP contribution in [0.3, 0.4) is 0 Å². The molecule has 0 radical (unpaired) electrons. The Balaban J connectivity index is 3.18. The average Bonchev–Trinajstić information content (AvgIpc) is 2.82. The minimum Gasteiger partial charge on any atom is -0.466 e. The van der Waals surface area contributed by atoms with Gasteiger partial charge in [0.05, 0.1) is 26.1 Å². The van der Waals surface area contributed by atoms with E-state index in [1.165, 1.54) is 116 Å². The van der Waals surface area contributed by atoms with Gasteiger partial charge in [-0.25, -0.2) is 0 Å². The Hall–Kier alpha value is -1.06. The van der Waals surface area contributed by atoms with Crippen LogP contribution in [0.5, 0.6) is 0 Å². The first-order chi connectivity index (χ1) is 16.6. The van der Waals surface area contributed by atoms with Crippen LogP contribution >= 0.6 is 0 Å². The molecule has 0 rings (SSSR count). The van der Waals surface area contributed by atoms with Gasteiger partial charge in [-0.1, -0.05) is 143 Å². The van der Waals surface area contributed by atoms with Crippen LogP contribution in [0.25, 0.3) is 0 Å². The number of carbonyl (C=O) groups excluding carboxylic acids is 2. The largest absolute Gasteiger partial charge is 0.466 e. The summed E-state index contributed by atoms with van der Waals surface area (Å²) in [5, 5.41) is 0. The fraction of sp³-hybridized carbons (Fsp3) is 0.933. The van der Waals surface area contributed by atoms with Crippen LogP contribution in [-0.4, -0.2) is 25.2 Å². The van der Waals surface area contributed by atoms with E-state index >= 15 is 0 Å². The molecule has 0 saturated heterocycles. The molecular formula is C30H58O4. The van der Waals surface area contributed by atoms with E-state index in [9.17, 15) is 9.59 Å². The van der Waals surface area contributed by atoms with Gasteiger partial charge in [0, 0.05) is 0 Å². The molecule has 0 aliphatic carbocycles. The van der Waals surface area contributed by atoms with Gasteiger partial charge in [-0.2, -0.15) is 0 Å². The predicted molar refractivity (Wildman–Crippen MR) is 144 cm³/mol. The van der Waals surface area contributed by atoms with E-state index in [-0.39, 0.29) is 24.8 Å². The first-order valence-electron chi connectivity index (χ1n) is 14.9. The van der Waals surface area contributed by atoms with Gasteiger partial charge in [0.15, 0.2) is 0 Å². The van der Waals surface area contributed by atoms with Gasteiger partial charge in [0.2, 0.25) is 0 Å². The third-order valence-electron chi connectivity index (χ3n) is 6.37. The number of hydrogen-bond donors (Lipinski definition) is 0. The van der Waals surface area contributed by atoms with E-state index in [2.05, 4.69) is 6.92 Å². The standard InChI is InChI=1S/C30H58O4/c1-4-5-6-7-8-9-10-11-12-13-14-15-16-17-18-19-20-21-22-23-26-33-29(31)24-25-30(32)34-27-28(2)3/h28H,4-27H2,1-3H3. The molecule has 34 heavy (non-hydrogen) atoms. The summed E-state index contributed by atoms with van der Waals surface area (Å²) in [6.45, 7) is 7.14. The predicted octanol–water partition coefficient (Wildman–Crippen LogP) is 9.33. The van der Waals surface area contributed by atoms with Gasteiger partial charge in [-0.05, 0) is 12.3 Å². The number of hydrogen-bond acceptors (Lipinski definition) is 4. The highest BCUT2D eigenvalue weighted by atomic mass is 16.5. The van der Waals surface area contributed by atoms with Crippen molar-refractivity contribution in [1.82, 2.24) is 0 Å². The molecule has 4 heteroatoms. The van der Waals surface area contributed by atoms with E-state index in [1.54, 1.807) is 0 Å². The lowest BCUT2D eigenvalue weighted by Gasteiger charge is -2.07. The third-order valence-corrected chi connectivity index (χ3v) is 6.37. The van der Waals surface area contributed by atoms with Crippen molar-refractivity contribution >= 4 is 11.9 Å². The molecule has 0 aromatic carbocycles. The molecule has 0 N–H and O–H groups in total. The van der Waals surface area contributed by atoms with Gasteiger partial charge in [-0.15, -0.1) is 0 Å². The van der Waals surface area contributed by atoms with Crippen LogP contribution in [0.15, 0.2) is 0 Å². The maximum atomic E-state index is 11.7. The van der Waals surface area contributed by atoms with E-state index in [0.717, 1.165) is 12.8 Å². The Morgan fingerprint density at radius 2 is 0.824 bits per heavy atom. The van der Waals surface area contributed by atoms with Gasteiger partial charge < -0.3 is 9.47 Å². The smallest absolute Gasteiger partial charge is 0.306 e. The lowest BCUT2D eigenvalue weighted by molar-refractivity contribution is -0.151. The van der Waals surface area contributed by atoms with Crippen molar-refractivity contribution in [3.8, 4) is 0 Å². The molecule has 0 amide bonds. The second kappa shape index (κ2) is 26.5. The monoisotopic (exact) mass is 482 g/mol. The molecule has 0 unspecified atom stereocenters. The Kier molecular flexibility index (Phi) is 25.7. The van der Waals surface area contributed by atoms with Gasteiger partial charge in [0.25, 0.3) is 0 Å². The van der Waals surface area contributed by atoms with Gasteiger partial charge in [-0.3, -0.25) is 9.59 Å². The molecule has 0 bridgehead atoms. The summed E-state index contributed by atoms with van der Waals surface area (Å²) in [6.07, 6.45) is 27.4. The third kappa shape index (κ3) is 27.2. The normalized spacial score (nSPS) is 11.2. The summed E-state index contributed by atoms with van der Waals surface area (Å²) in [4.78, 5) is 23.1. The molecule has 202 valence electrons. The number of rotatable bonds is 26. The summed E-state index contributed by atoms with van der Waals surface area (Å²) in [7, 11) is 0. The zero-order valence-corrected chi connectivity index (χ0v) is 23.2. The zero-order chi connectivity index (χ0) is 25.1. The number of unbranched alkanes of at least 4 members (excludes halogenated alkanes) is 19. The van der Waals surface area contributed by atoms with Crippen LogP contribution < -0.4 is 0 Å². The zero-order valence-electron chi connectivity index (χ0n) is 23.2. The molecule has 0 aliphatic rings. The summed E-state index contributed by atoms with van der Waals surface area (Å²) in [5.41, 5.74) is 0. The maximum Gasteiger partial charge on any atom is 0.306 e. The minimum absolute atomic E-state index is 0.116. The van der Waals surface area contributed by atoms with E-state index in [1.807, 2.05) is 13.8 Å². The van der Waals surface area contributed by atoms with E-state index in [4.69, 9.17) is 9.47 Å². The molecule has 4 nitrogen and oxygen atoms in total. The molecule has 0 aliphatic heterocycles. The van der Waals surface area contributed by atoms with E-state index in [0.29, 0.717) is 19.1 Å². The highest BCUT2D eigenvalue weighted by Crippen LogP contribution is 2.15. The molecule has 0 aromatic heterocycles. The summed E-state index contributed by atoms with van der Waals surface area (Å²) in [6, 6.07) is 0. The minimum atomic E-state index is -0.315. The number of esters is 2. The van der Waals surface area contributed by atoms with Crippen molar-refractivity contribution in [3.63, 3.8) is 0 Å². The maximum absolute atomic E-state index is 11.7. The van der Waals surface area contributed by atoms with E-state index < -0.39 is 0 Å². The van der Waals surface area contributed by atoms with Crippen LogP contribution in [0.1, 0.15) is 162 Å². The lowest BCUT2D eigenvalue weighted by atomic mass is 10.0. The summed E-state index contributed by atoms with van der Waals surface area (Å²) < 4.78 is 10.3. The van der Waals surface area contributed by atoms with Crippen molar-refractivity contribution in [1.29, 1.82) is 0 Å². The van der Waals surface area contributed by atoms with Crippen LogP contribution in [0, 0.1) is 5.92 Å². The molecule has 0 spiro atoms. The van der Waals surface area contributed by atoms with Crippen molar-refractivity contribution in [2.75, 3.05) is 13.2 Å². The van der Waals surface area contributed by atoms with Crippen molar-refractivity contribution in [2.24, 2.45) is 5.92 Å². The number of carbonyl (C=O) groups is 2. The summed E-state index contributed by atoms with van der Waals surface area (Å²) in [5.74, 6) is -0.293. The first-order valence-corrected chi connectivity index (χ1v) is 14.9. The fourth-order valence-electron chi connectivity index (χ4n) is 4.15. The SMILES string of the molecule is CCCCCCCCCCCCCCCCCCCCCCOC(=O)CCC(=O)OCC(C)C. The van der Waals surface area contributed by atoms with Crippen molar-refractivity contribution < 1.29 is 19.1 Å². The fourth-order valence-corrected chi connectivity index (χ4v) is 4.15. The Bertz CT molecular complexity index is 447. The lowest BCUT2D eigenvalue weighted by Crippen LogP contribution is -2.13. The molecule has 0 saturated carbocycles. The quantitative estimate of drug-likeness (QED) is 0.0910. The molecule has 0 aromatic rings. The Morgan fingerprint density at radius 1 is 0.500 bits per heavy atom.